The number of nitrogens with zero attached hydrogens (tertiary/aromatic N) is 4. The zero-order chi connectivity index (χ0) is 29.0. The molecular formula is C32H29FN6O3. The molecule has 212 valence electrons. The molecule has 2 saturated heterocycles. The van der Waals surface area contributed by atoms with Crippen molar-refractivity contribution in [3.8, 4) is 34.1 Å². The van der Waals surface area contributed by atoms with Crippen LogP contribution in [0.25, 0.3) is 33.5 Å². The number of methoxy groups -OCH3 is 1. The quantitative estimate of drug-likeness (QED) is 0.262. The smallest absolute Gasteiger partial charge is 0.255 e. The first-order chi connectivity index (χ1) is 20.3. The Balaban J connectivity index is 1.10. The first-order valence-corrected chi connectivity index (χ1v) is 13.7. The SMILES string of the molecule is COc1ncccc1-c1cc(F)c(O)c(-c2nc3ccc(C(=O)Nc4ccc(N5CC6(CN(C)C6)C5)cc4)cc3[nH]2)c1. The van der Waals surface area contributed by atoms with Crippen LogP contribution >= 0.6 is 0 Å². The summed E-state index contributed by atoms with van der Waals surface area (Å²) < 4.78 is 20.2. The zero-order valence-corrected chi connectivity index (χ0v) is 23.2. The number of likely N-dealkylation sites (tertiary alicyclic amines) is 1. The Labute approximate surface area is 241 Å². The highest BCUT2D eigenvalue weighted by Crippen LogP contribution is 2.41. The lowest BCUT2D eigenvalue weighted by Crippen LogP contribution is -2.71. The number of hydrogen-bond donors (Lipinski definition) is 3. The van der Waals surface area contributed by atoms with Crippen LogP contribution in [0.3, 0.4) is 0 Å². The number of imidazole rings is 1. The summed E-state index contributed by atoms with van der Waals surface area (Å²) in [5, 5.41) is 13.5. The number of phenols is 1. The van der Waals surface area contributed by atoms with Gasteiger partial charge in [0, 0.05) is 60.3 Å². The normalized spacial score (nSPS) is 15.8. The van der Waals surface area contributed by atoms with Crippen molar-refractivity contribution in [1.82, 2.24) is 19.9 Å². The number of rotatable bonds is 6. The second-order valence-electron chi connectivity index (χ2n) is 11.3. The molecule has 2 aliphatic rings. The van der Waals surface area contributed by atoms with Gasteiger partial charge in [-0.05, 0) is 79.3 Å². The number of ether oxygens (including phenoxy) is 1. The Kier molecular flexibility index (Phi) is 6.09. The van der Waals surface area contributed by atoms with Gasteiger partial charge in [-0.25, -0.2) is 14.4 Å². The van der Waals surface area contributed by atoms with Crippen LogP contribution in [-0.2, 0) is 0 Å². The number of H-pyrrole nitrogens is 1. The molecule has 4 heterocycles. The summed E-state index contributed by atoms with van der Waals surface area (Å²) in [5.74, 6) is -1.000. The number of fused-ring (bicyclic) bond motifs is 1. The number of phenolic OH excluding ortho intramolecular Hbond substituents is 1. The molecule has 1 amide bonds. The Morgan fingerprint density at radius 2 is 1.83 bits per heavy atom. The summed E-state index contributed by atoms with van der Waals surface area (Å²) in [5.41, 5.74) is 5.12. The van der Waals surface area contributed by atoms with E-state index in [1.54, 1.807) is 42.6 Å². The lowest BCUT2D eigenvalue weighted by Gasteiger charge is -2.60. The third-order valence-electron chi connectivity index (χ3n) is 8.09. The topological polar surface area (TPSA) is 107 Å². The minimum Gasteiger partial charge on any atom is -0.504 e. The molecule has 42 heavy (non-hydrogen) atoms. The summed E-state index contributed by atoms with van der Waals surface area (Å²) in [7, 11) is 3.64. The van der Waals surface area contributed by atoms with Crippen LogP contribution in [-0.4, -0.2) is 71.2 Å². The van der Waals surface area contributed by atoms with E-state index in [9.17, 15) is 14.3 Å². The maximum Gasteiger partial charge on any atom is 0.255 e. The van der Waals surface area contributed by atoms with E-state index in [2.05, 4.69) is 37.1 Å². The van der Waals surface area contributed by atoms with E-state index in [0.717, 1.165) is 31.9 Å². The number of carbonyl (C=O) groups is 1. The predicted molar refractivity (Wildman–Crippen MR) is 159 cm³/mol. The maximum atomic E-state index is 14.8. The molecule has 5 aromatic rings. The van der Waals surface area contributed by atoms with Gasteiger partial charge in [0.25, 0.3) is 5.91 Å². The molecule has 3 aromatic carbocycles. The highest BCUT2D eigenvalue weighted by atomic mass is 19.1. The molecule has 2 aliphatic heterocycles. The largest absolute Gasteiger partial charge is 0.504 e. The predicted octanol–water partition coefficient (Wildman–Crippen LogP) is 5.15. The Hall–Kier alpha value is -4.96. The average molecular weight is 565 g/mol. The highest BCUT2D eigenvalue weighted by Gasteiger charge is 2.50. The second kappa shape index (κ2) is 9.85. The van der Waals surface area contributed by atoms with E-state index in [-0.39, 0.29) is 17.3 Å². The van der Waals surface area contributed by atoms with Crippen LogP contribution in [0, 0.1) is 11.2 Å². The number of aromatic hydroxyl groups is 1. The van der Waals surface area contributed by atoms with Gasteiger partial charge in [-0.15, -0.1) is 0 Å². The van der Waals surface area contributed by atoms with Crippen molar-refractivity contribution in [1.29, 1.82) is 0 Å². The van der Waals surface area contributed by atoms with E-state index < -0.39 is 11.6 Å². The summed E-state index contributed by atoms with van der Waals surface area (Å²) in [6, 6.07) is 19.3. The van der Waals surface area contributed by atoms with E-state index in [1.165, 1.54) is 13.2 Å². The fourth-order valence-electron chi connectivity index (χ4n) is 6.19. The molecule has 10 heteroatoms. The van der Waals surface area contributed by atoms with Gasteiger partial charge in [0.05, 0.1) is 23.7 Å². The standard InChI is InChI=1S/C32H29FN6O3/c1-38-15-32(16-38)17-39(18-32)22-8-6-21(7-9-22)35-30(41)19-5-10-26-27(14-19)37-29(36-26)24-12-20(13-25(33)28(24)40)23-4-3-11-34-31(23)42-2/h3-14,40H,15-18H2,1-2H3,(H,35,41)(H,36,37). The number of anilines is 2. The number of benzene rings is 3. The van der Waals surface area contributed by atoms with Crippen molar-refractivity contribution in [3.05, 3.63) is 84.3 Å². The first-order valence-electron chi connectivity index (χ1n) is 13.7. The Morgan fingerprint density at radius 3 is 2.57 bits per heavy atom. The van der Waals surface area contributed by atoms with Gasteiger partial charge in [-0.3, -0.25) is 4.79 Å². The van der Waals surface area contributed by atoms with Crippen LogP contribution in [0.2, 0.25) is 0 Å². The molecule has 9 nitrogen and oxygen atoms in total. The van der Waals surface area contributed by atoms with Gasteiger partial charge in [0.1, 0.15) is 5.82 Å². The van der Waals surface area contributed by atoms with E-state index >= 15 is 0 Å². The molecule has 7 rings (SSSR count). The molecular weight excluding hydrogens is 535 g/mol. The number of pyridine rings is 1. The van der Waals surface area contributed by atoms with Crippen molar-refractivity contribution < 1.29 is 19.0 Å². The lowest BCUT2D eigenvalue weighted by atomic mass is 9.73. The van der Waals surface area contributed by atoms with Crippen molar-refractivity contribution in [2.75, 3.05) is 50.6 Å². The third kappa shape index (κ3) is 4.50. The summed E-state index contributed by atoms with van der Waals surface area (Å²) in [6.45, 7) is 4.46. The van der Waals surface area contributed by atoms with Gasteiger partial charge in [0.2, 0.25) is 5.88 Å². The lowest BCUT2D eigenvalue weighted by molar-refractivity contribution is -0.00238. The van der Waals surface area contributed by atoms with Gasteiger partial charge >= 0.3 is 0 Å². The number of aromatic nitrogens is 3. The van der Waals surface area contributed by atoms with E-state index in [0.29, 0.717) is 44.7 Å². The molecule has 2 fully saturated rings. The first kappa shape index (κ1) is 26.0. The number of amides is 1. The van der Waals surface area contributed by atoms with Crippen LogP contribution in [0.5, 0.6) is 11.6 Å². The Morgan fingerprint density at radius 1 is 1.05 bits per heavy atom. The van der Waals surface area contributed by atoms with Crippen molar-refractivity contribution >= 4 is 28.3 Å². The highest BCUT2D eigenvalue weighted by molar-refractivity contribution is 6.06. The Bertz CT molecular complexity index is 1820. The molecule has 0 unspecified atom stereocenters. The zero-order valence-electron chi connectivity index (χ0n) is 23.2. The number of carbonyl (C=O) groups excluding carboxylic acids is 1. The third-order valence-corrected chi connectivity index (χ3v) is 8.09. The second-order valence-corrected chi connectivity index (χ2v) is 11.3. The fourth-order valence-corrected chi connectivity index (χ4v) is 6.19. The minimum atomic E-state index is -0.802. The van der Waals surface area contributed by atoms with E-state index in [1.807, 2.05) is 24.3 Å². The minimum absolute atomic E-state index is 0.177. The number of nitrogens with one attached hydrogen (secondary N) is 2. The summed E-state index contributed by atoms with van der Waals surface area (Å²) in [6.07, 6.45) is 1.58. The molecule has 0 saturated carbocycles. The van der Waals surface area contributed by atoms with Crippen molar-refractivity contribution in [2.45, 2.75) is 0 Å². The molecule has 0 aliphatic carbocycles. The van der Waals surface area contributed by atoms with E-state index in [4.69, 9.17) is 4.74 Å². The van der Waals surface area contributed by atoms with Gasteiger partial charge in [-0.2, -0.15) is 0 Å². The van der Waals surface area contributed by atoms with Gasteiger partial charge in [0.15, 0.2) is 11.6 Å². The molecule has 2 aromatic heterocycles. The van der Waals surface area contributed by atoms with Crippen LogP contribution in [0.1, 0.15) is 10.4 Å². The van der Waals surface area contributed by atoms with Crippen LogP contribution < -0.4 is 15.0 Å². The van der Waals surface area contributed by atoms with Gasteiger partial charge < -0.3 is 29.9 Å². The van der Waals surface area contributed by atoms with Crippen molar-refractivity contribution in [3.63, 3.8) is 0 Å². The van der Waals surface area contributed by atoms with Crippen LogP contribution in [0.15, 0.2) is 72.9 Å². The average Bonchev–Trinajstić information content (AvgIpc) is 3.39. The molecule has 3 N–H and O–H groups in total. The number of aromatic amines is 1. The van der Waals surface area contributed by atoms with Gasteiger partial charge in [-0.1, -0.05) is 0 Å². The summed E-state index contributed by atoms with van der Waals surface area (Å²) >= 11 is 0. The molecule has 0 radical (unpaired) electrons. The number of halogens is 1. The fraction of sp³-hybridized carbons (Fsp3) is 0.219. The monoisotopic (exact) mass is 564 g/mol. The maximum absolute atomic E-state index is 14.8. The van der Waals surface area contributed by atoms with Crippen LogP contribution in [0.4, 0.5) is 15.8 Å². The molecule has 1 spiro atoms. The number of hydrogen-bond acceptors (Lipinski definition) is 7. The molecule has 0 atom stereocenters. The summed E-state index contributed by atoms with van der Waals surface area (Å²) in [4.78, 5) is 29.6. The van der Waals surface area contributed by atoms with Crippen molar-refractivity contribution in [2.24, 2.45) is 5.41 Å². The molecule has 0 bridgehead atoms.